The fourth-order valence-corrected chi connectivity index (χ4v) is 13.5. The predicted octanol–water partition coefficient (Wildman–Crippen LogP) is 22.4. The van der Waals surface area contributed by atoms with E-state index in [1.165, 1.54) is 6.08 Å². The molecule has 2 atom stereocenters. The minimum absolute atomic E-state index is 0.321. The molecule has 0 amide bonds. The average Bonchev–Trinajstić information content (AvgIpc) is 0.747. The maximum atomic E-state index is 11.4. The number of nitriles is 1. The number of fused-ring (bicyclic) bond motifs is 6. The second-order valence-corrected chi connectivity index (χ2v) is 25.1. The van der Waals surface area contributed by atoms with Gasteiger partial charge in [-0.3, -0.25) is 4.79 Å². The Hall–Kier alpha value is -14.4. The number of rotatable bonds is 16. The standard InChI is InChI=1S/C47H32N2O3.C44H31NO2.C3H3NO2/c48-32-37(46(50)51)30-33-16-22-39(23-17-33)47(38-10-4-1-5-11-38)29-28-44-43-26-20-35(31-36(43)21-27-45(44)52-47)34-18-24-42(25-19-34)49(40-12-6-2-7-13-40)41-14-8-3-9-15-41;46-31-32-16-22-37(23-17-32)44(36-10-4-1-5-11-36)29-28-42-41-26-20-34(30-35(41)21-27-43(42)47-44)33-18-24-40(25-19-33)45(38-12-6-2-7-13-38)39-14-8-3-9-15-39;1-4-2-3(5)6/h1-31H,(H,50,51);1-31H;2H2,(H,5,6)/b37-30-;;. The number of aldehydes is 1. The van der Waals surface area contributed by atoms with Crippen molar-refractivity contribution in [3.63, 3.8) is 0 Å². The maximum Gasteiger partial charge on any atom is 0.384 e. The molecule has 0 saturated carbocycles. The summed E-state index contributed by atoms with van der Waals surface area (Å²) in [4.78, 5) is 39.2. The molecular weight excluding hydrogens is 1300 g/mol. The van der Waals surface area contributed by atoms with Crippen molar-refractivity contribution in [2.24, 2.45) is 0 Å². The van der Waals surface area contributed by atoms with Crippen LogP contribution in [0.1, 0.15) is 49.3 Å². The molecular formula is C94H66N4O7. The van der Waals surface area contributed by atoms with Gasteiger partial charge in [-0.1, -0.05) is 243 Å². The third-order valence-electron chi connectivity index (χ3n) is 18.6. The van der Waals surface area contributed by atoms with Crippen molar-refractivity contribution < 1.29 is 34.1 Å². The lowest BCUT2D eigenvalue weighted by Gasteiger charge is -2.36. The molecule has 0 spiro atoms. The summed E-state index contributed by atoms with van der Waals surface area (Å²) in [6, 6.07) is 118. The first kappa shape index (κ1) is 67.8. The zero-order valence-electron chi connectivity index (χ0n) is 56.7. The molecule has 504 valence electrons. The zero-order chi connectivity index (χ0) is 72.1. The lowest BCUT2D eigenvalue weighted by atomic mass is 9.82. The van der Waals surface area contributed by atoms with E-state index < -0.39 is 29.7 Å². The van der Waals surface area contributed by atoms with Crippen molar-refractivity contribution >= 4 is 92.1 Å². The van der Waals surface area contributed by atoms with Crippen LogP contribution in [-0.4, -0.2) is 35.0 Å². The number of carboxylic acid groups (broad SMARTS) is 2. The summed E-state index contributed by atoms with van der Waals surface area (Å²) in [6.07, 6.45) is 10.8. The van der Waals surface area contributed by atoms with E-state index in [0.717, 1.165) is 129 Å². The van der Waals surface area contributed by atoms with Crippen LogP contribution in [0.3, 0.4) is 0 Å². The number of ether oxygens (including phenoxy) is 2. The van der Waals surface area contributed by atoms with E-state index in [9.17, 15) is 24.8 Å². The fraction of sp³-hybridized carbons (Fsp3) is 0.0319. The lowest BCUT2D eigenvalue weighted by Crippen LogP contribution is -2.34. The van der Waals surface area contributed by atoms with E-state index in [-0.39, 0.29) is 5.57 Å². The number of benzene rings is 14. The van der Waals surface area contributed by atoms with Crippen LogP contribution in [0.25, 0.3) is 66.9 Å². The molecule has 0 radical (unpaired) electrons. The van der Waals surface area contributed by atoms with Crippen molar-refractivity contribution in [1.82, 2.24) is 0 Å². The van der Waals surface area contributed by atoms with Crippen LogP contribution in [-0.2, 0) is 20.8 Å². The largest absolute Gasteiger partial charge is 0.477 e. The molecule has 16 rings (SSSR count). The highest BCUT2D eigenvalue weighted by atomic mass is 16.5. The topological polar surface area (TPSA) is 145 Å². The molecule has 14 aromatic rings. The van der Waals surface area contributed by atoms with Gasteiger partial charge in [-0.25, -0.2) is 16.2 Å². The molecule has 0 bridgehead atoms. The zero-order valence-corrected chi connectivity index (χ0v) is 56.7. The normalized spacial score (nSPS) is 14.5. The maximum absolute atomic E-state index is 11.4. The van der Waals surface area contributed by atoms with Gasteiger partial charge in [0.25, 0.3) is 0 Å². The number of carboxylic acids is 2. The molecule has 0 aliphatic carbocycles. The van der Waals surface area contributed by atoms with Gasteiger partial charge < -0.3 is 34.3 Å². The van der Waals surface area contributed by atoms with Gasteiger partial charge in [0.15, 0.2) is 11.2 Å². The Balaban J connectivity index is 0.000000165. The van der Waals surface area contributed by atoms with Crippen molar-refractivity contribution in [2.75, 3.05) is 16.3 Å². The molecule has 2 heterocycles. The van der Waals surface area contributed by atoms with E-state index in [1.807, 2.05) is 127 Å². The summed E-state index contributed by atoms with van der Waals surface area (Å²) in [5, 5.41) is 30.7. The number of hydrogen-bond acceptors (Lipinski definition) is 8. The smallest absolute Gasteiger partial charge is 0.384 e. The molecule has 2 aliphatic heterocycles. The van der Waals surface area contributed by atoms with Crippen molar-refractivity contribution in [2.45, 2.75) is 11.2 Å². The molecule has 11 heteroatoms. The first-order valence-electron chi connectivity index (χ1n) is 34.1. The Kier molecular flexibility index (Phi) is 19.8. The van der Waals surface area contributed by atoms with Crippen molar-refractivity contribution in [1.29, 1.82) is 5.26 Å². The van der Waals surface area contributed by atoms with Gasteiger partial charge in [0.2, 0.25) is 0 Å². The Morgan fingerprint density at radius 2 is 0.743 bits per heavy atom. The molecule has 2 unspecified atom stereocenters. The van der Waals surface area contributed by atoms with E-state index in [0.29, 0.717) is 11.1 Å². The Morgan fingerprint density at radius 3 is 1.07 bits per heavy atom. The third-order valence-corrected chi connectivity index (χ3v) is 18.6. The first-order valence-corrected chi connectivity index (χ1v) is 34.1. The lowest BCUT2D eigenvalue weighted by molar-refractivity contribution is -0.135. The third kappa shape index (κ3) is 14.4. The minimum Gasteiger partial charge on any atom is -0.477 e. The van der Waals surface area contributed by atoms with Crippen LogP contribution < -0.4 is 19.3 Å². The quantitative estimate of drug-likeness (QED) is 0.0415. The molecule has 2 aliphatic rings. The summed E-state index contributed by atoms with van der Waals surface area (Å²) in [6.45, 7) is 5.56. The number of anilines is 6. The van der Waals surface area contributed by atoms with Crippen LogP contribution >= 0.6 is 0 Å². The molecule has 2 N–H and O–H groups in total. The van der Waals surface area contributed by atoms with E-state index in [2.05, 4.69) is 251 Å². The predicted molar refractivity (Wildman–Crippen MR) is 421 cm³/mol. The SMILES string of the molecule is N#C/C(=C/c1ccc(C2(c3ccccc3)C=Cc3c(ccc4cc(-c5ccc(N(c6ccccc6)c6ccccc6)cc5)ccc34)O2)cc1)C(=O)O.O=Cc1ccc(C2(c3ccccc3)C=Cc3c(ccc4cc(-c5ccc(N(c6ccccc6)c6ccccc6)cc5)ccc34)O2)cc1.[C-]#[N+]CC(=O)O. The van der Waals surface area contributed by atoms with E-state index in [4.69, 9.17) is 21.2 Å². The van der Waals surface area contributed by atoms with Crippen LogP contribution in [0.4, 0.5) is 34.1 Å². The molecule has 0 saturated heterocycles. The summed E-state index contributed by atoms with van der Waals surface area (Å²) in [7, 11) is 0. The monoisotopic (exact) mass is 1360 g/mol. The summed E-state index contributed by atoms with van der Waals surface area (Å²) in [5.74, 6) is -0.736. The Bertz CT molecular complexity index is 5570. The molecule has 105 heavy (non-hydrogen) atoms. The van der Waals surface area contributed by atoms with E-state index in [1.54, 1.807) is 6.07 Å². The van der Waals surface area contributed by atoms with Crippen LogP contribution in [0.5, 0.6) is 11.5 Å². The molecule has 14 aromatic carbocycles. The number of aliphatic carboxylic acids is 2. The molecule has 0 fully saturated rings. The van der Waals surface area contributed by atoms with Crippen LogP contribution in [0.2, 0.25) is 0 Å². The minimum atomic E-state index is -1.26. The van der Waals surface area contributed by atoms with Gasteiger partial charge in [0, 0.05) is 73.1 Å². The highest BCUT2D eigenvalue weighted by Crippen LogP contribution is 2.48. The number of hydrogen-bond donors (Lipinski definition) is 2. The molecule has 11 nitrogen and oxygen atoms in total. The van der Waals surface area contributed by atoms with Gasteiger partial charge in [0.1, 0.15) is 29.4 Å². The number of para-hydroxylation sites is 4. The second kappa shape index (κ2) is 30.6. The average molecular weight is 1360 g/mol. The summed E-state index contributed by atoms with van der Waals surface area (Å²) < 4.78 is 13.9. The number of nitrogens with zero attached hydrogens (tertiary/aromatic N) is 4. The highest BCUT2D eigenvalue weighted by Gasteiger charge is 2.39. The second-order valence-electron chi connectivity index (χ2n) is 25.1. The van der Waals surface area contributed by atoms with Gasteiger partial charge in [0.05, 0.1) is 0 Å². The first-order chi connectivity index (χ1) is 51.5. The van der Waals surface area contributed by atoms with Crippen LogP contribution in [0.15, 0.2) is 357 Å². The van der Waals surface area contributed by atoms with Gasteiger partial charge in [-0.2, -0.15) is 5.26 Å². The fourth-order valence-electron chi connectivity index (χ4n) is 13.5. The summed E-state index contributed by atoms with van der Waals surface area (Å²) >= 11 is 0. The summed E-state index contributed by atoms with van der Waals surface area (Å²) in [5.41, 5.74) is 16.3. The van der Waals surface area contributed by atoms with Gasteiger partial charge in [-0.15, -0.1) is 0 Å². The Labute approximate surface area is 608 Å². The van der Waals surface area contributed by atoms with Crippen molar-refractivity contribution in [3.05, 3.63) is 413 Å². The Morgan fingerprint density at radius 1 is 0.410 bits per heavy atom. The van der Waals surface area contributed by atoms with Gasteiger partial charge in [-0.05, 0) is 177 Å². The van der Waals surface area contributed by atoms with Crippen molar-refractivity contribution in [3.8, 4) is 39.8 Å². The van der Waals surface area contributed by atoms with Gasteiger partial charge >= 0.3 is 18.5 Å². The molecule has 0 aromatic heterocycles. The number of carbonyl (C=O) groups excluding carboxylic acids is 1. The van der Waals surface area contributed by atoms with Crippen LogP contribution in [0, 0.1) is 17.9 Å². The highest BCUT2D eigenvalue weighted by molar-refractivity contribution is 5.99. The number of carbonyl (C=O) groups is 3. The van der Waals surface area contributed by atoms with E-state index >= 15 is 0 Å².